The lowest BCUT2D eigenvalue weighted by Gasteiger charge is -2.22. The molecule has 2 rings (SSSR count). The molecule has 0 spiro atoms. The van der Waals surface area contributed by atoms with Crippen LogP contribution in [0.15, 0.2) is 42.5 Å². The zero-order valence-electron chi connectivity index (χ0n) is 12.1. The summed E-state index contributed by atoms with van der Waals surface area (Å²) in [6.07, 6.45) is -0.192. The maximum Gasteiger partial charge on any atom is 0.126 e. The van der Waals surface area contributed by atoms with Gasteiger partial charge in [-0.05, 0) is 50.1 Å². The van der Waals surface area contributed by atoms with Crippen molar-refractivity contribution in [2.24, 2.45) is 5.73 Å². The van der Waals surface area contributed by atoms with Crippen molar-refractivity contribution < 1.29 is 9.13 Å². The molecule has 2 aromatic rings. The maximum atomic E-state index is 13.2. The molecule has 2 aromatic carbocycles. The van der Waals surface area contributed by atoms with E-state index in [1.54, 1.807) is 19.1 Å². The van der Waals surface area contributed by atoms with Crippen molar-refractivity contribution in [3.63, 3.8) is 0 Å². The molecule has 0 amide bonds. The number of benzene rings is 2. The van der Waals surface area contributed by atoms with Gasteiger partial charge >= 0.3 is 0 Å². The maximum absolute atomic E-state index is 13.2. The van der Waals surface area contributed by atoms with Crippen molar-refractivity contribution >= 4 is 0 Å². The highest BCUT2D eigenvalue weighted by Gasteiger charge is 2.16. The SMILES string of the molecule is Cc1ccc(C(N)C(C)Oc2ccc(F)c(C)c2)cc1. The molecule has 2 N–H and O–H groups in total. The minimum atomic E-state index is -0.229. The van der Waals surface area contributed by atoms with Gasteiger partial charge in [0.1, 0.15) is 17.7 Å². The smallest absolute Gasteiger partial charge is 0.126 e. The van der Waals surface area contributed by atoms with Crippen molar-refractivity contribution in [3.8, 4) is 5.75 Å². The van der Waals surface area contributed by atoms with E-state index < -0.39 is 0 Å². The van der Waals surface area contributed by atoms with Gasteiger partial charge in [-0.25, -0.2) is 4.39 Å². The van der Waals surface area contributed by atoms with Gasteiger partial charge in [0, 0.05) is 0 Å². The molecule has 2 unspecified atom stereocenters. The van der Waals surface area contributed by atoms with E-state index in [2.05, 4.69) is 0 Å². The number of halogens is 1. The molecule has 0 aromatic heterocycles. The molecule has 2 atom stereocenters. The first-order chi connectivity index (χ1) is 9.47. The molecule has 0 heterocycles. The number of rotatable bonds is 4. The normalized spacial score (nSPS) is 13.8. The van der Waals surface area contributed by atoms with Gasteiger partial charge in [-0.3, -0.25) is 0 Å². The fraction of sp³-hybridized carbons (Fsp3) is 0.294. The molecule has 0 aliphatic carbocycles. The summed E-state index contributed by atoms with van der Waals surface area (Å²) in [6, 6.07) is 12.6. The van der Waals surface area contributed by atoms with Crippen LogP contribution in [0.25, 0.3) is 0 Å². The molecule has 0 radical (unpaired) electrons. The minimum absolute atomic E-state index is 0.192. The molecule has 2 nitrogen and oxygen atoms in total. The third-order valence-corrected chi connectivity index (χ3v) is 3.42. The predicted octanol–water partition coefficient (Wildman–Crippen LogP) is 3.91. The van der Waals surface area contributed by atoms with Gasteiger partial charge in [-0.2, -0.15) is 0 Å². The van der Waals surface area contributed by atoms with E-state index >= 15 is 0 Å². The number of aryl methyl sites for hydroxylation is 2. The lowest BCUT2D eigenvalue weighted by molar-refractivity contribution is 0.190. The first kappa shape index (κ1) is 14.5. The fourth-order valence-electron chi connectivity index (χ4n) is 2.04. The Morgan fingerprint density at radius 2 is 1.70 bits per heavy atom. The topological polar surface area (TPSA) is 35.2 Å². The molecule has 0 fully saturated rings. The summed E-state index contributed by atoms with van der Waals surface area (Å²) < 4.78 is 19.0. The van der Waals surface area contributed by atoms with Gasteiger partial charge in [-0.1, -0.05) is 29.8 Å². The van der Waals surface area contributed by atoms with E-state index in [0.717, 1.165) is 5.56 Å². The lowest BCUT2D eigenvalue weighted by atomic mass is 10.0. The molecule has 0 bridgehead atoms. The monoisotopic (exact) mass is 273 g/mol. The van der Waals surface area contributed by atoms with E-state index in [1.165, 1.54) is 11.6 Å². The molecule has 0 saturated carbocycles. The molecule has 106 valence electrons. The summed E-state index contributed by atoms with van der Waals surface area (Å²) in [5.74, 6) is 0.409. The molecular formula is C17H20FNO. The van der Waals surface area contributed by atoms with Gasteiger partial charge in [0.2, 0.25) is 0 Å². The highest BCUT2D eigenvalue weighted by molar-refractivity contribution is 5.30. The summed E-state index contributed by atoms with van der Waals surface area (Å²) in [4.78, 5) is 0. The van der Waals surface area contributed by atoms with Crippen molar-refractivity contribution in [2.75, 3.05) is 0 Å². The third-order valence-electron chi connectivity index (χ3n) is 3.42. The van der Waals surface area contributed by atoms with E-state index in [1.807, 2.05) is 38.1 Å². The number of nitrogens with two attached hydrogens (primary N) is 1. The third kappa shape index (κ3) is 3.36. The van der Waals surface area contributed by atoms with E-state index in [9.17, 15) is 4.39 Å². The number of hydrogen-bond acceptors (Lipinski definition) is 2. The predicted molar refractivity (Wildman–Crippen MR) is 79.3 cm³/mol. The van der Waals surface area contributed by atoms with Crippen molar-refractivity contribution in [1.82, 2.24) is 0 Å². The Bertz CT molecular complexity index is 580. The van der Waals surface area contributed by atoms with Gasteiger partial charge < -0.3 is 10.5 Å². The van der Waals surface area contributed by atoms with Gasteiger partial charge in [0.15, 0.2) is 0 Å². The molecule has 0 aliphatic heterocycles. The van der Waals surface area contributed by atoms with Crippen molar-refractivity contribution in [3.05, 3.63) is 65.0 Å². The Morgan fingerprint density at radius 1 is 1.05 bits per heavy atom. The summed E-state index contributed by atoms with van der Waals surface area (Å²) >= 11 is 0. The minimum Gasteiger partial charge on any atom is -0.489 e. The molecule has 0 saturated heterocycles. The standard InChI is InChI=1S/C17H20FNO/c1-11-4-6-14(7-5-11)17(19)13(3)20-15-8-9-16(18)12(2)10-15/h4-10,13,17H,19H2,1-3H3. The van der Waals surface area contributed by atoms with Crippen LogP contribution in [0.4, 0.5) is 4.39 Å². The second kappa shape index (κ2) is 6.06. The van der Waals surface area contributed by atoms with Crippen LogP contribution in [0.5, 0.6) is 5.75 Å². The Kier molecular flexibility index (Phi) is 4.40. The molecule has 3 heteroatoms. The molecule has 20 heavy (non-hydrogen) atoms. The van der Waals surface area contributed by atoms with Crippen LogP contribution in [0.1, 0.15) is 29.7 Å². The zero-order chi connectivity index (χ0) is 14.7. The molecular weight excluding hydrogens is 253 g/mol. The Hall–Kier alpha value is -1.87. The summed E-state index contributed by atoms with van der Waals surface area (Å²) in [7, 11) is 0. The zero-order valence-corrected chi connectivity index (χ0v) is 12.1. The van der Waals surface area contributed by atoms with Crippen LogP contribution in [0.3, 0.4) is 0 Å². The second-order valence-electron chi connectivity index (χ2n) is 5.17. The van der Waals surface area contributed by atoms with Gasteiger partial charge in [0.25, 0.3) is 0 Å². The largest absolute Gasteiger partial charge is 0.489 e. The van der Waals surface area contributed by atoms with Crippen LogP contribution in [0.2, 0.25) is 0 Å². The van der Waals surface area contributed by atoms with Crippen LogP contribution in [-0.2, 0) is 0 Å². The van der Waals surface area contributed by atoms with Crippen LogP contribution in [-0.4, -0.2) is 6.10 Å². The van der Waals surface area contributed by atoms with Crippen molar-refractivity contribution in [2.45, 2.75) is 32.9 Å². The van der Waals surface area contributed by atoms with Crippen LogP contribution in [0, 0.1) is 19.7 Å². The Balaban J connectivity index is 2.08. The lowest BCUT2D eigenvalue weighted by Crippen LogP contribution is -2.28. The van der Waals surface area contributed by atoms with Crippen LogP contribution < -0.4 is 10.5 Å². The fourth-order valence-corrected chi connectivity index (χ4v) is 2.04. The summed E-state index contributed by atoms with van der Waals surface area (Å²) in [5, 5.41) is 0. The van der Waals surface area contributed by atoms with Gasteiger partial charge in [0.05, 0.1) is 6.04 Å². The number of ether oxygens (including phenoxy) is 1. The van der Waals surface area contributed by atoms with E-state index in [0.29, 0.717) is 11.3 Å². The highest BCUT2D eigenvalue weighted by Crippen LogP contribution is 2.22. The molecule has 0 aliphatic rings. The average Bonchev–Trinajstić information content (AvgIpc) is 2.43. The summed E-state index contributed by atoms with van der Waals surface area (Å²) in [6.45, 7) is 5.67. The Labute approximate surface area is 119 Å². The highest BCUT2D eigenvalue weighted by atomic mass is 19.1. The van der Waals surface area contributed by atoms with Crippen LogP contribution >= 0.6 is 0 Å². The second-order valence-corrected chi connectivity index (χ2v) is 5.17. The Morgan fingerprint density at radius 3 is 2.30 bits per heavy atom. The average molecular weight is 273 g/mol. The van der Waals surface area contributed by atoms with E-state index in [-0.39, 0.29) is 18.0 Å². The van der Waals surface area contributed by atoms with Crippen molar-refractivity contribution in [1.29, 1.82) is 0 Å². The first-order valence-corrected chi connectivity index (χ1v) is 6.72. The number of hydrogen-bond donors (Lipinski definition) is 1. The summed E-state index contributed by atoms with van der Waals surface area (Å²) in [5.41, 5.74) is 9.00. The first-order valence-electron chi connectivity index (χ1n) is 6.72. The van der Waals surface area contributed by atoms with Gasteiger partial charge in [-0.15, -0.1) is 0 Å². The van der Waals surface area contributed by atoms with E-state index in [4.69, 9.17) is 10.5 Å². The quantitative estimate of drug-likeness (QED) is 0.916.